The Hall–Kier alpha value is -1.82. The van der Waals surface area contributed by atoms with E-state index in [1.165, 1.54) is 0 Å². The van der Waals surface area contributed by atoms with E-state index in [2.05, 4.69) is 10.6 Å². The number of ether oxygens (including phenoxy) is 1. The normalized spacial score (nSPS) is 17.8. The lowest BCUT2D eigenvalue weighted by Gasteiger charge is -2.15. The summed E-state index contributed by atoms with van der Waals surface area (Å²) in [5.41, 5.74) is 2.00. The molecule has 0 aliphatic carbocycles. The Morgan fingerprint density at radius 3 is 2.58 bits per heavy atom. The molecule has 102 valence electrons. The molecular formula is C13H17N3O2S. The standard InChI is InChI=1S/C13H17N3O2S/c1-16(2)10-5-3-9(4-6-10)14-13(19)15-11-7-8-18-12(11)17/h3-6,11H,7-8H2,1-2H3,(H2,14,15,19). The van der Waals surface area contributed by atoms with Gasteiger partial charge in [0.15, 0.2) is 5.11 Å². The number of carbonyl (C=O) groups is 1. The first-order valence-electron chi connectivity index (χ1n) is 6.08. The Morgan fingerprint density at radius 2 is 2.05 bits per heavy atom. The van der Waals surface area contributed by atoms with Crippen LogP contribution in [0.15, 0.2) is 24.3 Å². The van der Waals surface area contributed by atoms with E-state index in [1.54, 1.807) is 0 Å². The molecule has 1 saturated heterocycles. The van der Waals surface area contributed by atoms with Crippen molar-refractivity contribution < 1.29 is 9.53 Å². The summed E-state index contributed by atoms with van der Waals surface area (Å²) < 4.78 is 4.86. The highest BCUT2D eigenvalue weighted by molar-refractivity contribution is 7.80. The van der Waals surface area contributed by atoms with Crippen LogP contribution in [-0.4, -0.2) is 37.8 Å². The van der Waals surface area contributed by atoms with Gasteiger partial charge in [0, 0.05) is 31.9 Å². The topological polar surface area (TPSA) is 53.6 Å². The third kappa shape index (κ3) is 3.57. The predicted octanol–water partition coefficient (Wildman–Crippen LogP) is 1.35. The van der Waals surface area contributed by atoms with Crippen molar-refractivity contribution in [3.63, 3.8) is 0 Å². The summed E-state index contributed by atoms with van der Waals surface area (Å²) >= 11 is 5.17. The van der Waals surface area contributed by atoms with Crippen molar-refractivity contribution in [2.24, 2.45) is 0 Å². The quantitative estimate of drug-likeness (QED) is 0.643. The molecule has 2 rings (SSSR count). The largest absolute Gasteiger partial charge is 0.464 e. The Morgan fingerprint density at radius 1 is 1.37 bits per heavy atom. The molecular weight excluding hydrogens is 262 g/mol. The average molecular weight is 279 g/mol. The second-order valence-corrected chi connectivity index (χ2v) is 4.96. The van der Waals surface area contributed by atoms with Gasteiger partial charge in [-0.3, -0.25) is 0 Å². The molecule has 0 radical (unpaired) electrons. The van der Waals surface area contributed by atoms with Crippen molar-refractivity contribution in [2.75, 3.05) is 30.9 Å². The van der Waals surface area contributed by atoms with Crippen LogP contribution in [0.2, 0.25) is 0 Å². The van der Waals surface area contributed by atoms with Crippen LogP contribution >= 0.6 is 12.2 Å². The Balaban J connectivity index is 1.89. The van der Waals surface area contributed by atoms with Crippen molar-refractivity contribution in [3.05, 3.63) is 24.3 Å². The zero-order valence-corrected chi connectivity index (χ0v) is 11.8. The minimum Gasteiger partial charge on any atom is -0.464 e. The van der Waals surface area contributed by atoms with Gasteiger partial charge in [-0.25, -0.2) is 4.79 Å². The molecule has 1 aliphatic heterocycles. The number of nitrogens with zero attached hydrogens (tertiary/aromatic N) is 1. The number of nitrogens with one attached hydrogen (secondary N) is 2. The molecule has 1 aliphatic rings. The number of anilines is 2. The van der Waals surface area contributed by atoms with Crippen LogP contribution < -0.4 is 15.5 Å². The van der Waals surface area contributed by atoms with Crippen LogP contribution in [0.5, 0.6) is 0 Å². The summed E-state index contributed by atoms with van der Waals surface area (Å²) in [5, 5.41) is 6.43. The summed E-state index contributed by atoms with van der Waals surface area (Å²) in [6.45, 7) is 0.455. The van der Waals surface area contributed by atoms with Crippen LogP contribution in [-0.2, 0) is 9.53 Å². The molecule has 1 aromatic carbocycles. The lowest BCUT2D eigenvalue weighted by Crippen LogP contribution is -2.40. The van der Waals surface area contributed by atoms with Crippen LogP contribution in [0.25, 0.3) is 0 Å². The maximum absolute atomic E-state index is 11.3. The van der Waals surface area contributed by atoms with Crippen molar-refractivity contribution in [1.29, 1.82) is 0 Å². The first kappa shape index (κ1) is 13.6. The van der Waals surface area contributed by atoms with Gasteiger partial charge in [0.2, 0.25) is 0 Å². The van der Waals surface area contributed by atoms with Gasteiger partial charge in [0.25, 0.3) is 0 Å². The molecule has 0 bridgehead atoms. The van der Waals surface area contributed by atoms with Gasteiger partial charge < -0.3 is 20.3 Å². The summed E-state index contributed by atoms with van der Waals surface area (Å²) in [7, 11) is 3.97. The fourth-order valence-corrected chi connectivity index (χ4v) is 2.06. The summed E-state index contributed by atoms with van der Waals surface area (Å²) in [6.07, 6.45) is 0.653. The monoisotopic (exact) mass is 279 g/mol. The lowest BCUT2D eigenvalue weighted by atomic mass is 10.2. The minimum absolute atomic E-state index is 0.243. The molecule has 0 amide bonds. The molecule has 1 heterocycles. The minimum atomic E-state index is -0.332. The number of hydrogen-bond acceptors (Lipinski definition) is 4. The second kappa shape index (κ2) is 5.88. The zero-order chi connectivity index (χ0) is 13.8. The number of cyclic esters (lactones) is 1. The van der Waals surface area contributed by atoms with Crippen molar-refractivity contribution in [2.45, 2.75) is 12.5 Å². The second-order valence-electron chi connectivity index (χ2n) is 4.55. The smallest absolute Gasteiger partial charge is 0.328 e. The fraction of sp³-hybridized carbons (Fsp3) is 0.385. The van der Waals surface area contributed by atoms with Gasteiger partial charge in [-0.15, -0.1) is 0 Å². The van der Waals surface area contributed by atoms with Crippen LogP contribution in [0.3, 0.4) is 0 Å². The molecule has 0 aromatic heterocycles. The molecule has 1 atom stereocenters. The Labute approximate surface area is 117 Å². The predicted molar refractivity (Wildman–Crippen MR) is 79.5 cm³/mol. The van der Waals surface area contributed by atoms with Crippen molar-refractivity contribution in [1.82, 2.24) is 5.32 Å². The molecule has 5 nitrogen and oxygen atoms in total. The van der Waals surface area contributed by atoms with Crippen LogP contribution in [0.1, 0.15) is 6.42 Å². The summed E-state index contributed by atoms with van der Waals surface area (Å²) in [5.74, 6) is -0.243. The van der Waals surface area contributed by atoms with Gasteiger partial charge in [-0.2, -0.15) is 0 Å². The van der Waals surface area contributed by atoms with Crippen LogP contribution in [0, 0.1) is 0 Å². The van der Waals surface area contributed by atoms with E-state index in [4.69, 9.17) is 17.0 Å². The maximum atomic E-state index is 11.3. The number of esters is 1. The van der Waals surface area contributed by atoms with E-state index in [0.717, 1.165) is 11.4 Å². The number of rotatable bonds is 3. The van der Waals surface area contributed by atoms with E-state index < -0.39 is 0 Å². The molecule has 1 fully saturated rings. The third-order valence-electron chi connectivity index (χ3n) is 2.88. The van der Waals surface area contributed by atoms with Crippen LogP contribution in [0.4, 0.5) is 11.4 Å². The lowest BCUT2D eigenvalue weighted by molar-refractivity contribution is -0.139. The molecule has 6 heteroatoms. The number of carbonyl (C=O) groups excluding carboxylic acids is 1. The first-order valence-corrected chi connectivity index (χ1v) is 6.48. The molecule has 1 aromatic rings. The van der Waals surface area contributed by atoms with Gasteiger partial charge in [-0.05, 0) is 36.5 Å². The number of hydrogen-bond donors (Lipinski definition) is 2. The van der Waals surface area contributed by atoms with E-state index in [-0.39, 0.29) is 12.0 Å². The molecule has 19 heavy (non-hydrogen) atoms. The highest BCUT2D eigenvalue weighted by Crippen LogP contribution is 2.15. The van der Waals surface area contributed by atoms with Crippen molar-refractivity contribution in [3.8, 4) is 0 Å². The summed E-state index contributed by atoms with van der Waals surface area (Å²) in [4.78, 5) is 13.3. The number of thiocarbonyl (C=S) groups is 1. The van der Waals surface area contributed by atoms with E-state index in [1.807, 2.05) is 43.3 Å². The average Bonchev–Trinajstić information content (AvgIpc) is 2.75. The van der Waals surface area contributed by atoms with E-state index in [9.17, 15) is 4.79 Å². The van der Waals surface area contributed by atoms with E-state index >= 15 is 0 Å². The molecule has 0 spiro atoms. The summed E-state index contributed by atoms with van der Waals surface area (Å²) in [6, 6.07) is 7.54. The maximum Gasteiger partial charge on any atom is 0.328 e. The Kier molecular flexibility index (Phi) is 4.21. The molecule has 0 saturated carbocycles. The van der Waals surface area contributed by atoms with Gasteiger partial charge in [0.1, 0.15) is 6.04 Å². The number of benzene rings is 1. The van der Waals surface area contributed by atoms with Crippen molar-refractivity contribution >= 4 is 34.7 Å². The molecule has 1 unspecified atom stereocenters. The zero-order valence-electron chi connectivity index (χ0n) is 11.0. The third-order valence-corrected chi connectivity index (χ3v) is 3.10. The SMILES string of the molecule is CN(C)c1ccc(NC(=S)NC2CCOC2=O)cc1. The Bertz CT molecular complexity index is 473. The van der Waals surface area contributed by atoms with Gasteiger partial charge >= 0.3 is 5.97 Å². The van der Waals surface area contributed by atoms with E-state index in [0.29, 0.717) is 18.1 Å². The van der Waals surface area contributed by atoms with Gasteiger partial charge in [-0.1, -0.05) is 0 Å². The molecule has 2 N–H and O–H groups in total. The van der Waals surface area contributed by atoms with Gasteiger partial charge in [0.05, 0.1) is 6.61 Å². The first-order chi connectivity index (χ1) is 9.06. The highest BCUT2D eigenvalue weighted by Gasteiger charge is 2.26. The fourth-order valence-electron chi connectivity index (χ4n) is 1.80. The highest BCUT2D eigenvalue weighted by atomic mass is 32.1.